The van der Waals surface area contributed by atoms with E-state index in [0.29, 0.717) is 26.1 Å². The molecule has 5 nitrogen and oxygen atoms in total. The third-order valence-electron chi connectivity index (χ3n) is 6.81. The van der Waals surface area contributed by atoms with Gasteiger partial charge in [-0.3, -0.25) is 4.79 Å². The maximum atomic E-state index is 13.4. The standard InChI is InChI=1S/C27H36N2O3/c30-26(27(15-21-31-22-16-27)23-9-4-3-5-10-23)28-24-11-13-25(14-12-24)32-20-8-19-29-17-6-1-2-7-18-29/h3-5,9-14H,1-2,6-8,15-22H2,(H,28,30). The Hall–Kier alpha value is -2.37. The van der Waals surface area contributed by atoms with Crippen molar-refractivity contribution in [2.45, 2.75) is 50.4 Å². The van der Waals surface area contributed by atoms with Crippen molar-refractivity contribution < 1.29 is 14.3 Å². The maximum Gasteiger partial charge on any atom is 0.235 e. The molecule has 0 aliphatic carbocycles. The zero-order valence-electron chi connectivity index (χ0n) is 19.1. The molecule has 2 saturated heterocycles. The van der Waals surface area contributed by atoms with Crippen LogP contribution in [0.3, 0.4) is 0 Å². The van der Waals surface area contributed by atoms with E-state index in [-0.39, 0.29) is 5.91 Å². The molecule has 2 aromatic rings. The van der Waals surface area contributed by atoms with E-state index in [1.807, 2.05) is 54.6 Å². The van der Waals surface area contributed by atoms with Crippen LogP contribution in [0, 0.1) is 0 Å². The first-order valence-corrected chi connectivity index (χ1v) is 12.2. The van der Waals surface area contributed by atoms with Crippen molar-refractivity contribution in [2.24, 2.45) is 0 Å². The van der Waals surface area contributed by atoms with Crippen LogP contribution < -0.4 is 10.1 Å². The molecule has 4 rings (SSSR count). The molecule has 0 aromatic heterocycles. The first-order valence-electron chi connectivity index (χ1n) is 12.2. The largest absolute Gasteiger partial charge is 0.494 e. The molecule has 172 valence electrons. The van der Waals surface area contributed by atoms with Gasteiger partial charge in [0, 0.05) is 25.4 Å². The highest BCUT2D eigenvalue weighted by Crippen LogP contribution is 2.36. The van der Waals surface area contributed by atoms with Crippen molar-refractivity contribution >= 4 is 11.6 Å². The molecule has 0 saturated carbocycles. The Kier molecular flexibility index (Phi) is 8.18. The van der Waals surface area contributed by atoms with E-state index in [2.05, 4.69) is 10.2 Å². The molecule has 0 bridgehead atoms. The molecule has 1 amide bonds. The summed E-state index contributed by atoms with van der Waals surface area (Å²) in [6.45, 7) is 5.49. The van der Waals surface area contributed by atoms with E-state index >= 15 is 0 Å². The van der Waals surface area contributed by atoms with Gasteiger partial charge in [0.25, 0.3) is 0 Å². The van der Waals surface area contributed by atoms with Crippen molar-refractivity contribution in [3.8, 4) is 5.75 Å². The molecule has 0 atom stereocenters. The number of carbonyl (C=O) groups excluding carboxylic acids is 1. The number of amides is 1. The summed E-state index contributed by atoms with van der Waals surface area (Å²) in [6.07, 6.45) is 7.83. The number of nitrogens with one attached hydrogen (secondary N) is 1. The highest BCUT2D eigenvalue weighted by Gasteiger charge is 2.41. The molecule has 2 aromatic carbocycles. The molecule has 2 fully saturated rings. The van der Waals surface area contributed by atoms with Gasteiger partial charge in [-0.25, -0.2) is 0 Å². The molecule has 0 radical (unpaired) electrons. The van der Waals surface area contributed by atoms with Gasteiger partial charge in [0.1, 0.15) is 5.75 Å². The van der Waals surface area contributed by atoms with Crippen LogP contribution in [0.4, 0.5) is 5.69 Å². The third kappa shape index (κ3) is 5.90. The summed E-state index contributed by atoms with van der Waals surface area (Å²) in [7, 11) is 0. The summed E-state index contributed by atoms with van der Waals surface area (Å²) in [5.41, 5.74) is 1.32. The molecule has 2 aliphatic heterocycles. The SMILES string of the molecule is O=C(Nc1ccc(OCCCN2CCCCCC2)cc1)C1(c2ccccc2)CCOCC1. The highest BCUT2D eigenvalue weighted by atomic mass is 16.5. The second-order valence-corrected chi connectivity index (χ2v) is 9.00. The average Bonchev–Trinajstić information content (AvgIpc) is 3.13. The van der Waals surface area contributed by atoms with Gasteiger partial charge >= 0.3 is 0 Å². The fraction of sp³-hybridized carbons (Fsp3) is 0.519. The van der Waals surface area contributed by atoms with E-state index in [9.17, 15) is 4.79 Å². The maximum absolute atomic E-state index is 13.4. The van der Waals surface area contributed by atoms with Gasteiger partial charge in [0.15, 0.2) is 0 Å². The van der Waals surface area contributed by atoms with E-state index in [1.165, 1.54) is 38.8 Å². The van der Waals surface area contributed by atoms with Gasteiger partial charge in [-0.2, -0.15) is 0 Å². The molecule has 0 spiro atoms. The number of likely N-dealkylation sites (tertiary alicyclic amines) is 1. The highest BCUT2D eigenvalue weighted by molar-refractivity contribution is 5.99. The van der Waals surface area contributed by atoms with Crippen LogP contribution in [0.25, 0.3) is 0 Å². The van der Waals surface area contributed by atoms with Crippen LogP contribution in [0.15, 0.2) is 54.6 Å². The normalized spacial score (nSPS) is 19.1. The van der Waals surface area contributed by atoms with Crippen molar-refractivity contribution in [3.63, 3.8) is 0 Å². The molecule has 2 heterocycles. The smallest absolute Gasteiger partial charge is 0.235 e. The van der Waals surface area contributed by atoms with Gasteiger partial charge in [-0.1, -0.05) is 43.2 Å². The fourth-order valence-electron chi connectivity index (χ4n) is 4.85. The number of ether oxygens (including phenoxy) is 2. The topological polar surface area (TPSA) is 50.8 Å². The minimum atomic E-state index is -0.540. The number of carbonyl (C=O) groups is 1. The third-order valence-corrected chi connectivity index (χ3v) is 6.81. The fourth-order valence-corrected chi connectivity index (χ4v) is 4.85. The van der Waals surface area contributed by atoms with Gasteiger partial charge < -0.3 is 19.7 Å². The number of nitrogens with zero attached hydrogens (tertiary/aromatic N) is 1. The lowest BCUT2D eigenvalue weighted by molar-refractivity contribution is -0.125. The Morgan fingerprint density at radius 1 is 0.938 bits per heavy atom. The van der Waals surface area contributed by atoms with Gasteiger partial charge in [0.2, 0.25) is 5.91 Å². The Bertz CT molecular complexity index is 824. The van der Waals surface area contributed by atoms with E-state index < -0.39 is 5.41 Å². The first-order chi connectivity index (χ1) is 15.8. The quantitative estimate of drug-likeness (QED) is 0.591. The molecule has 0 unspecified atom stereocenters. The predicted molar refractivity (Wildman–Crippen MR) is 128 cm³/mol. The van der Waals surface area contributed by atoms with E-state index in [0.717, 1.165) is 36.6 Å². The van der Waals surface area contributed by atoms with Crippen molar-refractivity contribution in [2.75, 3.05) is 44.8 Å². The number of rotatable bonds is 8. The Balaban J connectivity index is 1.29. The Morgan fingerprint density at radius 3 is 2.31 bits per heavy atom. The number of anilines is 1. The molecular formula is C27H36N2O3. The van der Waals surface area contributed by atoms with Crippen molar-refractivity contribution in [1.82, 2.24) is 4.90 Å². The van der Waals surface area contributed by atoms with Crippen LogP contribution in [0.5, 0.6) is 5.75 Å². The summed E-state index contributed by atoms with van der Waals surface area (Å²) in [6, 6.07) is 17.8. The summed E-state index contributed by atoms with van der Waals surface area (Å²) in [4.78, 5) is 15.9. The summed E-state index contributed by atoms with van der Waals surface area (Å²) < 4.78 is 11.5. The second kappa shape index (κ2) is 11.5. The number of benzene rings is 2. The van der Waals surface area contributed by atoms with Gasteiger partial charge in [0.05, 0.1) is 12.0 Å². The van der Waals surface area contributed by atoms with E-state index in [4.69, 9.17) is 9.47 Å². The van der Waals surface area contributed by atoms with Crippen LogP contribution in [0.1, 0.15) is 50.5 Å². The van der Waals surface area contributed by atoms with Crippen LogP contribution in [-0.2, 0) is 14.9 Å². The molecule has 5 heteroatoms. The minimum Gasteiger partial charge on any atom is -0.494 e. The Labute approximate surface area is 192 Å². The van der Waals surface area contributed by atoms with Crippen LogP contribution >= 0.6 is 0 Å². The van der Waals surface area contributed by atoms with Crippen LogP contribution in [-0.4, -0.2) is 50.3 Å². The molecular weight excluding hydrogens is 400 g/mol. The van der Waals surface area contributed by atoms with E-state index in [1.54, 1.807) is 0 Å². The van der Waals surface area contributed by atoms with Crippen molar-refractivity contribution in [3.05, 3.63) is 60.2 Å². The zero-order valence-corrected chi connectivity index (χ0v) is 19.1. The summed E-state index contributed by atoms with van der Waals surface area (Å²) >= 11 is 0. The number of hydrogen-bond acceptors (Lipinski definition) is 4. The molecule has 2 aliphatic rings. The minimum absolute atomic E-state index is 0.0399. The lowest BCUT2D eigenvalue weighted by Crippen LogP contribution is -2.44. The van der Waals surface area contributed by atoms with Crippen molar-refractivity contribution in [1.29, 1.82) is 0 Å². The van der Waals surface area contributed by atoms with Gasteiger partial charge in [-0.15, -0.1) is 0 Å². The summed E-state index contributed by atoms with van der Waals surface area (Å²) in [5, 5.41) is 3.14. The second-order valence-electron chi connectivity index (χ2n) is 9.00. The summed E-state index contributed by atoms with van der Waals surface area (Å²) in [5.74, 6) is 0.890. The molecule has 1 N–H and O–H groups in total. The number of hydrogen-bond donors (Lipinski definition) is 1. The first kappa shape index (κ1) is 22.8. The predicted octanol–water partition coefficient (Wildman–Crippen LogP) is 5.02. The van der Waals surface area contributed by atoms with Crippen LogP contribution in [0.2, 0.25) is 0 Å². The zero-order chi connectivity index (χ0) is 22.1. The lowest BCUT2D eigenvalue weighted by Gasteiger charge is -2.36. The van der Waals surface area contributed by atoms with Gasteiger partial charge in [-0.05, 0) is 75.0 Å². The lowest BCUT2D eigenvalue weighted by atomic mass is 9.73. The monoisotopic (exact) mass is 436 g/mol. The average molecular weight is 437 g/mol. The molecule has 32 heavy (non-hydrogen) atoms. The Morgan fingerprint density at radius 2 is 1.62 bits per heavy atom.